The van der Waals surface area contributed by atoms with Gasteiger partial charge >= 0.3 is 0 Å². The summed E-state index contributed by atoms with van der Waals surface area (Å²) in [7, 11) is 1.77. The summed E-state index contributed by atoms with van der Waals surface area (Å²) < 4.78 is 5.32. The van der Waals surface area contributed by atoms with Gasteiger partial charge in [-0.1, -0.05) is 33.6 Å². The molecule has 2 atom stereocenters. The van der Waals surface area contributed by atoms with Gasteiger partial charge in [0.2, 0.25) is 0 Å². The summed E-state index contributed by atoms with van der Waals surface area (Å²) in [5.41, 5.74) is 0.274. The average molecular weight is 166 g/mol. The molecule has 1 heteroatoms. The van der Waals surface area contributed by atoms with Gasteiger partial charge in [-0.05, 0) is 0 Å². The van der Waals surface area contributed by atoms with Crippen LogP contribution in [0, 0.1) is 29.1 Å². The summed E-state index contributed by atoms with van der Waals surface area (Å²) in [5, 5.41) is 0. The lowest BCUT2D eigenvalue weighted by molar-refractivity contribution is 0.150. The van der Waals surface area contributed by atoms with Gasteiger partial charge in [0, 0.05) is 18.4 Å². The first-order valence-electron chi connectivity index (χ1n) is 4.54. The molecule has 2 unspecified atom stereocenters. The first-order chi connectivity index (χ1) is 5.50. The largest absolute Gasteiger partial charge is 0.380 e. The number of hydrogen-bond donors (Lipinski definition) is 0. The molecular formula is C11H18O. The van der Waals surface area contributed by atoms with Gasteiger partial charge in [0.15, 0.2) is 0 Å². The molecule has 0 spiro atoms. The molecule has 0 saturated heterocycles. The molecule has 1 saturated carbocycles. The number of hydrogen-bond acceptors (Lipinski definition) is 1. The van der Waals surface area contributed by atoms with Crippen molar-refractivity contribution in [2.24, 2.45) is 17.3 Å². The smallest absolute Gasteiger partial charge is 0.0778 e. The highest BCUT2D eigenvalue weighted by atomic mass is 16.5. The molecule has 1 aliphatic rings. The molecule has 0 aromatic carbocycles. The van der Waals surface area contributed by atoms with Crippen LogP contribution >= 0.6 is 0 Å². The van der Waals surface area contributed by atoms with Crippen LogP contribution in [-0.4, -0.2) is 13.2 Å². The quantitative estimate of drug-likeness (QED) is 0.543. The van der Waals surface area contributed by atoms with E-state index in [1.54, 1.807) is 7.11 Å². The minimum absolute atomic E-state index is 0.274. The van der Waals surface area contributed by atoms with E-state index in [1.165, 1.54) is 0 Å². The van der Waals surface area contributed by atoms with Crippen LogP contribution < -0.4 is 0 Å². The fourth-order valence-corrected chi connectivity index (χ4v) is 1.55. The number of rotatable bonds is 1. The van der Waals surface area contributed by atoms with Gasteiger partial charge in [0.05, 0.1) is 12.0 Å². The Morgan fingerprint density at radius 1 is 1.33 bits per heavy atom. The Morgan fingerprint density at radius 3 is 2.25 bits per heavy atom. The average Bonchev–Trinajstić information content (AvgIpc) is 2.48. The van der Waals surface area contributed by atoms with Crippen molar-refractivity contribution >= 4 is 0 Å². The Balaban J connectivity index is 2.55. The van der Waals surface area contributed by atoms with Gasteiger partial charge in [-0.25, -0.2) is 0 Å². The van der Waals surface area contributed by atoms with Gasteiger partial charge in [0.25, 0.3) is 0 Å². The van der Waals surface area contributed by atoms with E-state index >= 15 is 0 Å². The normalized spacial score (nSPS) is 31.2. The summed E-state index contributed by atoms with van der Waals surface area (Å²) in [6.07, 6.45) is 0.351. The van der Waals surface area contributed by atoms with E-state index in [-0.39, 0.29) is 5.41 Å². The van der Waals surface area contributed by atoms with Crippen LogP contribution in [0.3, 0.4) is 0 Å². The van der Waals surface area contributed by atoms with Crippen molar-refractivity contribution in [3.63, 3.8) is 0 Å². The van der Waals surface area contributed by atoms with Gasteiger partial charge in [0.1, 0.15) is 0 Å². The maximum atomic E-state index is 5.32. The van der Waals surface area contributed by atoms with E-state index in [0.717, 1.165) is 0 Å². The van der Waals surface area contributed by atoms with E-state index < -0.39 is 0 Å². The molecule has 0 N–H and O–H groups in total. The lowest BCUT2D eigenvalue weighted by Gasteiger charge is -1.96. The number of methoxy groups -OCH3 is 1. The lowest BCUT2D eigenvalue weighted by Crippen LogP contribution is -1.96. The van der Waals surface area contributed by atoms with Crippen LogP contribution in [0.1, 0.15) is 27.7 Å². The standard InChI is InChI=1S/C11H18O/c1-8(2)6-7-9-10(12-5)11(9,3)4/h8-10H,1-5H3. The lowest BCUT2D eigenvalue weighted by atomic mass is 10.1. The zero-order valence-corrected chi connectivity index (χ0v) is 8.64. The maximum Gasteiger partial charge on any atom is 0.0778 e. The second kappa shape index (κ2) is 3.11. The van der Waals surface area contributed by atoms with Crippen molar-refractivity contribution < 1.29 is 4.74 Å². The molecule has 0 heterocycles. The van der Waals surface area contributed by atoms with Gasteiger partial charge in [-0.2, -0.15) is 0 Å². The highest BCUT2D eigenvalue weighted by Gasteiger charge is 2.57. The fraction of sp³-hybridized carbons (Fsp3) is 0.818. The summed E-state index contributed by atoms with van der Waals surface area (Å²) >= 11 is 0. The van der Waals surface area contributed by atoms with E-state index in [2.05, 4.69) is 39.5 Å². The van der Waals surface area contributed by atoms with Crippen molar-refractivity contribution in [1.82, 2.24) is 0 Å². The summed E-state index contributed by atoms with van der Waals surface area (Å²) in [4.78, 5) is 0. The molecule has 68 valence electrons. The fourth-order valence-electron chi connectivity index (χ4n) is 1.55. The summed E-state index contributed by atoms with van der Waals surface area (Å²) in [5.74, 6) is 7.39. The van der Waals surface area contributed by atoms with Crippen molar-refractivity contribution in [2.75, 3.05) is 7.11 Å². The van der Waals surface area contributed by atoms with Crippen molar-refractivity contribution in [3.05, 3.63) is 0 Å². The molecule has 0 aliphatic heterocycles. The molecule has 1 rings (SSSR count). The monoisotopic (exact) mass is 166 g/mol. The van der Waals surface area contributed by atoms with Crippen molar-refractivity contribution in [2.45, 2.75) is 33.8 Å². The summed E-state index contributed by atoms with van der Waals surface area (Å²) in [6.45, 7) is 8.65. The predicted molar refractivity (Wildman–Crippen MR) is 50.7 cm³/mol. The van der Waals surface area contributed by atoms with E-state index in [9.17, 15) is 0 Å². The van der Waals surface area contributed by atoms with Crippen LogP contribution in [0.5, 0.6) is 0 Å². The highest BCUT2D eigenvalue weighted by Crippen LogP contribution is 2.53. The zero-order chi connectivity index (χ0) is 9.35. The van der Waals surface area contributed by atoms with Gasteiger partial charge < -0.3 is 4.74 Å². The molecule has 0 aromatic heterocycles. The van der Waals surface area contributed by atoms with Crippen LogP contribution in [0.25, 0.3) is 0 Å². The first kappa shape index (κ1) is 9.61. The molecular weight excluding hydrogens is 148 g/mol. The van der Waals surface area contributed by atoms with Crippen molar-refractivity contribution in [1.29, 1.82) is 0 Å². The minimum atomic E-state index is 0.274. The molecule has 0 radical (unpaired) electrons. The van der Waals surface area contributed by atoms with E-state index in [1.807, 2.05) is 0 Å². The summed E-state index contributed by atoms with van der Waals surface area (Å²) in [6, 6.07) is 0. The van der Waals surface area contributed by atoms with Crippen LogP contribution in [0.15, 0.2) is 0 Å². The SMILES string of the molecule is COC1C(C#CC(C)C)C1(C)C. The second-order valence-electron chi connectivity index (χ2n) is 4.40. The Kier molecular flexibility index (Phi) is 2.49. The van der Waals surface area contributed by atoms with Crippen molar-refractivity contribution in [3.8, 4) is 11.8 Å². The molecule has 0 aromatic rings. The van der Waals surface area contributed by atoms with E-state index in [4.69, 9.17) is 4.74 Å². The topological polar surface area (TPSA) is 9.23 Å². The Labute approximate surface area is 75.5 Å². The molecule has 1 nitrogen and oxygen atoms in total. The molecule has 0 amide bonds. The molecule has 0 bridgehead atoms. The number of ether oxygens (including phenoxy) is 1. The van der Waals surface area contributed by atoms with Crippen LogP contribution in [0.2, 0.25) is 0 Å². The van der Waals surface area contributed by atoms with Gasteiger partial charge in [-0.15, -0.1) is 5.92 Å². The van der Waals surface area contributed by atoms with Crippen LogP contribution in [-0.2, 0) is 4.74 Å². The second-order valence-corrected chi connectivity index (χ2v) is 4.40. The van der Waals surface area contributed by atoms with Crippen LogP contribution in [0.4, 0.5) is 0 Å². The van der Waals surface area contributed by atoms with E-state index in [0.29, 0.717) is 17.9 Å². The maximum absolute atomic E-state index is 5.32. The third-order valence-corrected chi connectivity index (χ3v) is 2.51. The Hall–Kier alpha value is -0.480. The molecule has 1 fully saturated rings. The first-order valence-corrected chi connectivity index (χ1v) is 4.54. The Bertz CT molecular complexity index is 217. The zero-order valence-electron chi connectivity index (χ0n) is 8.64. The Morgan fingerprint density at radius 2 is 1.92 bits per heavy atom. The molecule has 12 heavy (non-hydrogen) atoms. The third-order valence-electron chi connectivity index (χ3n) is 2.51. The highest BCUT2D eigenvalue weighted by molar-refractivity contribution is 5.23. The predicted octanol–water partition coefficient (Wildman–Crippen LogP) is 2.32. The third kappa shape index (κ3) is 1.64. The van der Waals surface area contributed by atoms with Gasteiger partial charge in [-0.3, -0.25) is 0 Å². The minimum Gasteiger partial charge on any atom is -0.380 e. The molecule has 1 aliphatic carbocycles.